The molecule has 13 heteroatoms. The Hall–Kier alpha value is -2.18. The van der Waals surface area contributed by atoms with Crippen molar-refractivity contribution in [1.29, 1.82) is 0 Å². The number of carbonyl (C=O) groups excluding carboxylic acids is 1. The highest BCUT2D eigenvalue weighted by atomic mass is 35.5. The van der Waals surface area contributed by atoms with Gasteiger partial charge in [0.25, 0.3) is 16.1 Å². The first kappa shape index (κ1) is 26.9. The molecule has 3 N–H and O–H groups in total. The van der Waals surface area contributed by atoms with Crippen LogP contribution in [0, 0.1) is 0 Å². The molecule has 1 amide bonds. The average Bonchev–Trinajstić information content (AvgIpc) is 3.23. The molecule has 2 aromatic carbocycles. The maximum absolute atomic E-state index is 13.5. The molecule has 0 saturated carbocycles. The molecule has 36 heavy (non-hydrogen) atoms. The highest BCUT2D eigenvalue weighted by Crippen LogP contribution is 2.34. The number of carbonyl (C=O) groups is 1. The fraction of sp³-hybridized carbons (Fsp3) is 0.304. The van der Waals surface area contributed by atoms with Gasteiger partial charge < -0.3 is 0 Å². The average molecular weight is 572 g/mol. The quantitative estimate of drug-likeness (QED) is 0.376. The minimum atomic E-state index is -3.81. The van der Waals surface area contributed by atoms with E-state index >= 15 is 0 Å². The van der Waals surface area contributed by atoms with E-state index in [4.69, 9.17) is 34.8 Å². The number of rotatable bonds is 8. The van der Waals surface area contributed by atoms with Crippen LogP contribution >= 0.6 is 34.8 Å². The Morgan fingerprint density at radius 1 is 1.00 bits per heavy atom. The Bertz CT molecular complexity index is 1360. The molecule has 1 saturated heterocycles. The van der Waals surface area contributed by atoms with Crippen LogP contribution in [0.3, 0.4) is 0 Å². The zero-order valence-corrected chi connectivity index (χ0v) is 22.5. The number of hydrazine groups is 1. The summed E-state index contributed by atoms with van der Waals surface area (Å²) in [6, 6.07) is 11.9. The van der Waals surface area contributed by atoms with Crippen molar-refractivity contribution in [3.8, 4) is 16.9 Å². The third-order valence-corrected chi connectivity index (χ3v) is 7.63. The van der Waals surface area contributed by atoms with E-state index in [2.05, 4.69) is 20.0 Å². The molecule has 0 spiro atoms. The summed E-state index contributed by atoms with van der Waals surface area (Å²) >= 11 is 18.7. The highest BCUT2D eigenvalue weighted by molar-refractivity contribution is 7.87. The minimum Gasteiger partial charge on any atom is -0.283 e. The lowest BCUT2D eigenvalue weighted by Crippen LogP contribution is -2.45. The predicted octanol–water partition coefficient (Wildman–Crippen LogP) is 4.18. The van der Waals surface area contributed by atoms with Gasteiger partial charge in [0.1, 0.15) is 0 Å². The number of hydrogen-bond donors (Lipinski definition) is 3. The molecule has 0 bridgehead atoms. The summed E-state index contributed by atoms with van der Waals surface area (Å²) in [5, 5.41) is 7.75. The van der Waals surface area contributed by atoms with Crippen LogP contribution in [0.4, 0.5) is 0 Å². The Morgan fingerprint density at radius 2 is 1.67 bits per heavy atom. The largest absolute Gasteiger partial charge is 0.286 e. The Morgan fingerprint density at radius 3 is 2.31 bits per heavy atom. The van der Waals surface area contributed by atoms with Gasteiger partial charge in [-0.3, -0.25) is 10.2 Å². The topological polar surface area (TPSA) is 108 Å². The molecule has 0 radical (unpaired) electrons. The second-order valence-electron chi connectivity index (χ2n) is 8.21. The van der Waals surface area contributed by atoms with Gasteiger partial charge in [0.15, 0.2) is 5.69 Å². The van der Waals surface area contributed by atoms with Crippen molar-refractivity contribution in [1.82, 2.24) is 29.7 Å². The Labute approximate surface area is 224 Å². The zero-order chi connectivity index (χ0) is 25.9. The van der Waals surface area contributed by atoms with Crippen molar-refractivity contribution in [2.75, 3.05) is 20.1 Å². The molecule has 2 heterocycles. The van der Waals surface area contributed by atoms with Gasteiger partial charge in [-0.1, -0.05) is 53.4 Å². The fourth-order valence-corrected chi connectivity index (χ4v) is 5.07. The van der Waals surface area contributed by atoms with Gasteiger partial charge >= 0.3 is 0 Å². The lowest BCUT2D eigenvalue weighted by molar-refractivity contribution is 0.0743. The lowest BCUT2D eigenvalue weighted by atomic mass is 10.0. The summed E-state index contributed by atoms with van der Waals surface area (Å²) in [6.45, 7) is 1.25. The van der Waals surface area contributed by atoms with Crippen molar-refractivity contribution in [3.05, 3.63) is 68.8 Å². The Kier molecular flexibility index (Phi) is 8.56. The van der Waals surface area contributed by atoms with Crippen LogP contribution in [0.15, 0.2) is 42.5 Å². The highest BCUT2D eigenvalue weighted by Gasteiger charge is 2.28. The number of aromatic nitrogens is 2. The van der Waals surface area contributed by atoms with E-state index < -0.39 is 16.1 Å². The summed E-state index contributed by atoms with van der Waals surface area (Å²) in [5.74, 6) is -0.449. The van der Waals surface area contributed by atoms with Crippen LogP contribution in [0.2, 0.25) is 15.1 Å². The van der Waals surface area contributed by atoms with Gasteiger partial charge in [0.05, 0.1) is 16.4 Å². The first-order valence-corrected chi connectivity index (χ1v) is 13.9. The number of piperidine rings is 1. The van der Waals surface area contributed by atoms with Crippen molar-refractivity contribution in [2.24, 2.45) is 0 Å². The number of amides is 1. The van der Waals surface area contributed by atoms with Crippen molar-refractivity contribution >= 4 is 50.9 Å². The van der Waals surface area contributed by atoms with Gasteiger partial charge in [-0.2, -0.15) is 18.2 Å². The summed E-state index contributed by atoms with van der Waals surface area (Å²) in [6.07, 6.45) is 3.05. The summed E-state index contributed by atoms with van der Waals surface area (Å²) in [4.78, 5) is 13.5. The fourth-order valence-electron chi connectivity index (χ4n) is 3.97. The van der Waals surface area contributed by atoms with Gasteiger partial charge in [0, 0.05) is 47.9 Å². The van der Waals surface area contributed by atoms with E-state index in [1.165, 1.54) is 11.7 Å². The van der Waals surface area contributed by atoms with Gasteiger partial charge in [-0.25, -0.2) is 14.4 Å². The molecule has 1 aliphatic heterocycles. The van der Waals surface area contributed by atoms with E-state index in [-0.39, 0.29) is 12.2 Å². The second kappa shape index (κ2) is 11.5. The SMILES string of the molecule is CNS(=O)(=O)NCc1c(C(=O)NN2CCCCC2)nn(-c2ccc(Cl)cc2Cl)c1-c1ccc(Cl)cc1. The van der Waals surface area contributed by atoms with Crippen molar-refractivity contribution in [3.63, 3.8) is 0 Å². The summed E-state index contributed by atoms with van der Waals surface area (Å²) < 4.78 is 30.7. The molecule has 0 unspecified atom stereocenters. The third kappa shape index (κ3) is 6.20. The van der Waals surface area contributed by atoms with Gasteiger partial charge in [0.2, 0.25) is 0 Å². The molecule has 9 nitrogen and oxygen atoms in total. The Balaban J connectivity index is 1.89. The maximum Gasteiger partial charge on any atom is 0.286 e. The minimum absolute atomic E-state index is 0.0651. The molecule has 1 aromatic heterocycles. The van der Waals surface area contributed by atoms with E-state index in [1.54, 1.807) is 42.5 Å². The lowest BCUT2D eigenvalue weighted by Gasteiger charge is -2.26. The number of hydrogen-bond acceptors (Lipinski definition) is 5. The number of benzene rings is 2. The van der Waals surface area contributed by atoms with Crippen LogP contribution in [0.1, 0.15) is 35.3 Å². The van der Waals surface area contributed by atoms with Gasteiger partial charge in [-0.15, -0.1) is 0 Å². The normalized spacial score (nSPS) is 14.7. The van der Waals surface area contributed by atoms with E-state index in [0.29, 0.717) is 37.6 Å². The predicted molar refractivity (Wildman–Crippen MR) is 142 cm³/mol. The van der Waals surface area contributed by atoms with Crippen LogP contribution in [-0.2, 0) is 16.8 Å². The molecule has 1 aliphatic rings. The van der Waals surface area contributed by atoms with Crippen molar-refractivity contribution in [2.45, 2.75) is 25.8 Å². The molecule has 0 atom stereocenters. The van der Waals surface area contributed by atoms with E-state index in [1.807, 2.05) is 5.01 Å². The molecule has 0 aliphatic carbocycles. The monoisotopic (exact) mass is 570 g/mol. The first-order valence-electron chi connectivity index (χ1n) is 11.3. The standard InChI is InChI=1S/C23H25Cl3N6O3S/c1-27-36(34,35)28-14-18-21(23(33)30-31-11-3-2-4-12-31)29-32(20-10-9-17(25)13-19(20)26)22(18)15-5-7-16(24)8-6-15/h5-10,13,27-28H,2-4,11-12,14H2,1H3,(H,30,33). The second-order valence-corrected chi connectivity index (χ2v) is 11.2. The van der Waals surface area contributed by atoms with Gasteiger partial charge in [-0.05, 0) is 43.2 Å². The number of nitrogens with zero attached hydrogens (tertiary/aromatic N) is 3. The van der Waals surface area contributed by atoms with Crippen LogP contribution in [-0.4, -0.2) is 49.3 Å². The maximum atomic E-state index is 13.5. The smallest absolute Gasteiger partial charge is 0.283 e. The molecular weight excluding hydrogens is 547 g/mol. The van der Waals surface area contributed by atoms with E-state index in [9.17, 15) is 13.2 Å². The van der Waals surface area contributed by atoms with Crippen LogP contribution in [0.5, 0.6) is 0 Å². The third-order valence-electron chi connectivity index (χ3n) is 5.78. The number of halogens is 3. The molecule has 1 fully saturated rings. The van der Waals surface area contributed by atoms with Crippen LogP contribution < -0.4 is 14.9 Å². The summed E-state index contributed by atoms with van der Waals surface area (Å²) in [7, 11) is -2.51. The molecule has 192 valence electrons. The first-order chi connectivity index (χ1) is 17.2. The van der Waals surface area contributed by atoms with Crippen molar-refractivity contribution < 1.29 is 13.2 Å². The summed E-state index contributed by atoms with van der Waals surface area (Å²) in [5.41, 5.74) is 4.97. The number of nitrogens with one attached hydrogen (secondary N) is 3. The molecule has 4 rings (SSSR count). The van der Waals surface area contributed by atoms with E-state index in [0.717, 1.165) is 32.4 Å². The molecule has 3 aromatic rings. The molecular formula is C23H25Cl3N6O3S. The van der Waals surface area contributed by atoms with Crippen LogP contribution in [0.25, 0.3) is 16.9 Å². The zero-order valence-electron chi connectivity index (χ0n) is 19.4.